The number of hydrogen-bond donors (Lipinski definition) is 2. The van der Waals surface area contributed by atoms with E-state index >= 15 is 0 Å². The van der Waals surface area contributed by atoms with E-state index in [-0.39, 0.29) is 30.1 Å². The van der Waals surface area contributed by atoms with Gasteiger partial charge in [-0.15, -0.1) is 0 Å². The Labute approximate surface area is 188 Å². The summed E-state index contributed by atoms with van der Waals surface area (Å²) in [7, 11) is 0. The molecule has 0 saturated carbocycles. The van der Waals surface area contributed by atoms with E-state index in [4.69, 9.17) is 16.3 Å². The Morgan fingerprint density at radius 2 is 1.97 bits per heavy atom. The third-order valence-electron chi connectivity index (χ3n) is 5.18. The van der Waals surface area contributed by atoms with E-state index in [1.165, 1.54) is 12.1 Å². The Kier molecular flexibility index (Phi) is 6.65. The van der Waals surface area contributed by atoms with Gasteiger partial charge in [0.05, 0.1) is 12.2 Å². The summed E-state index contributed by atoms with van der Waals surface area (Å²) in [5, 5.41) is 9.63. The molecule has 2 aromatic heterocycles. The van der Waals surface area contributed by atoms with E-state index in [0.29, 0.717) is 48.1 Å². The zero-order chi connectivity index (χ0) is 22.5. The number of piperidine rings is 1. The fourth-order valence-electron chi connectivity index (χ4n) is 3.44. The first-order valence-corrected chi connectivity index (χ1v) is 10.5. The second-order valence-electron chi connectivity index (χ2n) is 7.35. The molecule has 0 radical (unpaired) electrons. The maximum atomic E-state index is 13.1. The van der Waals surface area contributed by atoms with Gasteiger partial charge in [0.2, 0.25) is 5.91 Å². The van der Waals surface area contributed by atoms with E-state index in [0.717, 1.165) is 0 Å². The minimum absolute atomic E-state index is 0.0516. The van der Waals surface area contributed by atoms with Gasteiger partial charge in [-0.2, -0.15) is 5.10 Å². The number of amides is 2. The highest BCUT2D eigenvalue weighted by atomic mass is 35.5. The largest absolute Gasteiger partial charge is 0.487 e. The van der Waals surface area contributed by atoms with Crippen molar-refractivity contribution in [3.8, 4) is 17.0 Å². The number of H-pyrrole nitrogens is 1. The number of aromatic nitrogens is 3. The van der Waals surface area contributed by atoms with Crippen LogP contribution in [0.3, 0.4) is 0 Å². The molecular weight excluding hydrogens is 437 g/mol. The summed E-state index contributed by atoms with van der Waals surface area (Å²) in [6.45, 7) is 0.917. The zero-order valence-electron chi connectivity index (χ0n) is 17.1. The number of aromatic amines is 1. The Balaban J connectivity index is 1.24. The van der Waals surface area contributed by atoms with Gasteiger partial charge in [0, 0.05) is 32.1 Å². The average Bonchev–Trinajstić information content (AvgIpc) is 3.30. The molecule has 1 aliphatic rings. The van der Waals surface area contributed by atoms with Crippen molar-refractivity contribution in [3.05, 3.63) is 65.3 Å². The molecule has 0 spiro atoms. The number of halogens is 2. The molecule has 1 aliphatic heterocycles. The first-order chi connectivity index (χ1) is 15.5. The second-order valence-corrected chi connectivity index (χ2v) is 7.70. The highest BCUT2D eigenvalue weighted by molar-refractivity contribution is 6.30. The number of benzene rings is 1. The summed E-state index contributed by atoms with van der Waals surface area (Å²) in [4.78, 5) is 30.5. The number of likely N-dealkylation sites (tertiary alicyclic amines) is 1. The minimum atomic E-state index is -0.465. The van der Waals surface area contributed by atoms with Gasteiger partial charge in [-0.3, -0.25) is 14.7 Å². The van der Waals surface area contributed by atoms with Crippen LogP contribution in [-0.2, 0) is 4.79 Å². The standard InChI is InChI=1S/C22H21ClFN5O3/c23-21-19(2-1-9-25-21)32-16-7-10-29(11-8-16)20(30)13-26-22(31)18-12-17(27-28-18)14-3-5-15(24)6-4-14/h1-6,9,12,16H,7-8,10-11,13H2,(H,26,31)(H,27,28). The van der Waals surface area contributed by atoms with Crippen LogP contribution >= 0.6 is 11.6 Å². The number of carbonyl (C=O) groups excluding carboxylic acids is 2. The second kappa shape index (κ2) is 9.78. The number of nitrogens with one attached hydrogen (secondary N) is 2. The van der Waals surface area contributed by atoms with E-state index in [1.54, 1.807) is 41.4 Å². The first-order valence-electron chi connectivity index (χ1n) is 10.1. The normalized spacial score (nSPS) is 14.2. The molecule has 32 heavy (non-hydrogen) atoms. The van der Waals surface area contributed by atoms with Gasteiger partial charge in [-0.25, -0.2) is 9.37 Å². The smallest absolute Gasteiger partial charge is 0.272 e. The lowest BCUT2D eigenvalue weighted by molar-refractivity contribution is -0.131. The highest BCUT2D eigenvalue weighted by Crippen LogP contribution is 2.25. The molecule has 4 rings (SSSR count). The Morgan fingerprint density at radius 1 is 1.22 bits per heavy atom. The van der Waals surface area contributed by atoms with Gasteiger partial charge in [0.15, 0.2) is 16.6 Å². The molecule has 10 heteroatoms. The van der Waals surface area contributed by atoms with Gasteiger partial charge in [0.25, 0.3) is 5.91 Å². The number of carbonyl (C=O) groups is 2. The van der Waals surface area contributed by atoms with Crippen molar-refractivity contribution in [1.82, 2.24) is 25.4 Å². The van der Waals surface area contributed by atoms with Crippen LogP contribution in [0.15, 0.2) is 48.7 Å². The van der Waals surface area contributed by atoms with Crippen molar-refractivity contribution < 1.29 is 18.7 Å². The topological polar surface area (TPSA) is 100 Å². The number of nitrogens with zero attached hydrogens (tertiary/aromatic N) is 3. The Morgan fingerprint density at radius 3 is 2.69 bits per heavy atom. The first kappa shape index (κ1) is 21.8. The van der Waals surface area contributed by atoms with Crippen LogP contribution in [-0.4, -0.2) is 57.6 Å². The lowest BCUT2D eigenvalue weighted by Crippen LogP contribution is -2.46. The van der Waals surface area contributed by atoms with Crippen LogP contribution < -0.4 is 10.1 Å². The van der Waals surface area contributed by atoms with Gasteiger partial charge < -0.3 is 15.0 Å². The summed E-state index contributed by atoms with van der Waals surface area (Å²) >= 11 is 6.02. The number of rotatable bonds is 6. The SMILES string of the molecule is O=C(NCC(=O)N1CCC(Oc2cccnc2Cl)CC1)c1cc(-c2ccc(F)cc2)[nH]n1. The van der Waals surface area contributed by atoms with E-state index in [2.05, 4.69) is 20.5 Å². The van der Waals surface area contributed by atoms with Gasteiger partial charge in [-0.1, -0.05) is 11.6 Å². The van der Waals surface area contributed by atoms with Gasteiger partial charge in [-0.05, 0) is 48.0 Å². The fourth-order valence-corrected chi connectivity index (χ4v) is 3.60. The third kappa shape index (κ3) is 5.23. The Bertz CT molecular complexity index is 1100. The van der Waals surface area contributed by atoms with Gasteiger partial charge in [0.1, 0.15) is 11.9 Å². The predicted octanol–water partition coefficient (Wildman–Crippen LogP) is 3.06. The van der Waals surface area contributed by atoms with Crippen LogP contribution in [0.5, 0.6) is 5.75 Å². The minimum Gasteiger partial charge on any atom is -0.487 e. The maximum Gasteiger partial charge on any atom is 0.272 e. The third-order valence-corrected chi connectivity index (χ3v) is 5.46. The van der Waals surface area contributed by atoms with Crippen molar-refractivity contribution >= 4 is 23.4 Å². The molecule has 1 saturated heterocycles. The van der Waals surface area contributed by atoms with Gasteiger partial charge >= 0.3 is 0 Å². The summed E-state index contributed by atoms with van der Waals surface area (Å²) in [6.07, 6.45) is 2.86. The molecule has 0 aliphatic carbocycles. The van der Waals surface area contributed by atoms with Crippen LogP contribution in [0.25, 0.3) is 11.3 Å². The van der Waals surface area contributed by atoms with Crippen molar-refractivity contribution in [3.63, 3.8) is 0 Å². The molecule has 8 nitrogen and oxygen atoms in total. The molecule has 0 bridgehead atoms. The summed E-state index contributed by atoms with van der Waals surface area (Å²) < 4.78 is 18.9. The maximum absolute atomic E-state index is 13.1. The molecule has 2 N–H and O–H groups in total. The van der Waals surface area contributed by atoms with E-state index in [1.807, 2.05) is 0 Å². The fraction of sp³-hybridized carbons (Fsp3) is 0.273. The van der Waals surface area contributed by atoms with Crippen molar-refractivity contribution in [1.29, 1.82) is 0 Å². The summed E-state index contributed by atoms with van der Waals surface area (Å²) in [5.41, 5.74) is 1.43. The lowest BCUT2D eigenvalue weighted by atomic mass is 10.1. The monoisotopic (exact) mass is 457 g/mol. The average molecular weight is 458 g/mol. The quantitative estimate of drug-likeness (QED) is 0.554. The molecular formula is C22H21ClFN5O3. The lowest BCUT2D eigenvalue weighted by Gasteiger charge is -2.32. The summed E-state index contributed by atoms with van der Waals surface area (Å²) in [5.74, 6) is -0.454. The molecule has 1 aromatic carbocycles. The molecule has 1 fully saturated rings. The molecule has 3 heterocycles. The Hall–Kier alpha value is -3.46. The zero-order valence-corrected chi connectivity index (χ0v) is 17.8. The van der Waals surface area contributed by atoms with Crippen molar-refractivity contribution in [2.75, 3.05) is 19.6 Å². The molecule has 3 aromatic rings. The number of hydrogen-bond acceptors (Lipinski definition) is 5. The van der Waals surface area contributed by atoms with Crippen LogP contribution in [0.4, 0.5) is 4.39 Å². The number of ether oxygens (including phenoxy) is 1. The van der Waals surface area contributed by atoms with Crippen molar-refractivity contribution in [2.45, 2.75) is 18.9 Å². The molecule has 0 atom stereocenters. The van der Waals surface area contributed by atoms with Crippen LogP contribution in [0.2, 0.25) is 5.15 Å². The van der Waals surface area contributed by atoms with E-state index in [9.17, 15) is 14.0 Å². The van der Waals surface area contributed by atoms with E-state index < -0.39 is 5.91 Å². The predicted molar refractivity (Wildman–Crippen MR) is 116 cm³/mol. The van der Waals surface area contributed by atoms with Crippen LogP contribution in [0.1, 0.15) is 23.3 Å². The summed E-state index contributed by atoms with van der Waals surface area (Å²) in [6, 6.07) is 10.9. The van der Waals surface area contributed by atoms with Crippen LogP contribution in [0, 0.1) is 5.82 Å². The molecule has 2 amide bonds. The highest BCUT2D eigenvalue weighted by Gasteiger charge is 2.25. The molecule has 0 unspecified atom stereocenters. The van der Waals surface area contributed by atoms with Crippen molar-refractivity contribution in [2.24, 2.45) is 0 Å². The number of pyridine rings is 1. The molecule has 166 valence electrons.